The van der Waals surface area contributed by atoms with Crippen molar-refractivity contribution >= 4 is 23.3 Å². The first-order valence-electron chi connectivity index (χ1n) is 8.90. The molecule has 8 heteroatoms. The van der Waals surface area contributed by atoms with Crippen LogP contribution in [0.2, 0.25) is 0 Å². The number of thiazole rings is 1. The molecule has 1 aromatic rings. The van der Waals surface area contributed by atoms with Crippen molar-refractivity contribution in [3.8, 4) is 0 Å². The molecule has 2 aliphatic heterocycles. The zero-order valence-electron chi connectivity index (χ0n) is 16.1. The number of hydrogen-bond donors (Lipinski definition) is 1. The monoisotopic (exact) mass is 391 g/mol. The summed E-state index contributed by atoms with van der Waals surface area (Å²) in [4.78, 5) is 31.3. The molecule has 2 aliphatic rings. The van der Waals surface area contributed by atoms with Gasteiger partial charge >= 0.3 is 11.9 Å². The van der Waals surface area contributed by atoms with Crippen LogP contribution in [0.5, 0.6) is 0 Å². The van der Waals surface area contributed by atoms with Crippen molar-refractivity contribution in [2.75, 3.05) is 20.2 Å². The van der Waals surface area contributed by atoms with E-state index in [9.17, 15) is 9.59 Å². The molecule has 0 saturated carbocycles. The number of nitrogens with one attached hydrogen (secondary N) is 1. The SMILES string of the molecule is COC(=O)C1=C(C)NC(C)=C(C(=O)O[C@]2(C)CCN(Cc3nccs3)C2)C1. The third-order valence-electron chi connectivity index (χ3n) is 5.01. The molecular weight excluding hydrogens is 366 g/mol. The number of dihydropyridines is 1. The van der Waals surface area contributed by atoms with Gasteiger partial charge in [-0.05, 0) is 20.8 Å². The highest BCUT2D eigenvalue weighted by molar-refractivity contribution is 7.09. The van der Waals surface area contributed by atoms with Crippen LogP contribution in [0, 0.1) is 0 Å². The molecule has 1 saturated heterocycles. The minimum absolute atomic E-state index is 0.217. The van der Waals surface area contributed by atoms with Gasteiger partial charge in [-0.25, -0.2) is 14.6 Å². The Morgan fingerprint density at radius 2 is 2.00 bits per heavy atom. The standard InChI is InChI=1S/C19H25N3O4S/c1-12-14(17(23)25-4)9-15(13(2)21-12)18(24)26-19(3)5-7-22(11-19)10-16-20-6-8-27-16/h6,8,21H,5,7,9-11H2,1-4H3/t19-/m1/s1. The van der Waals surface area contributed by atoms with Gasteiger partial charge in [0.25, 0.3) is 0 Å². The highest BCUT2D eigenvalue weighted by Gasteiger charge is 2.39. The normalized spacial score (nSPS) is 23.4. The van der Waals surface area contributed by atoms with Crippen molar-refractivity contribution in [3.05, 3.63) is 39.1 Å². The second-order valence-corrected chi connectivity index (χ2v) is 8.21. The van der Waals surface area contributed by atoms with Gasteiger partial charge in [-0.1, -0.05) is 0 Å². The summed E-state index contributed by atoms with van der Waals surface area (Å²) in [5.41, 5.74) is 1.80. The van der Waals surface area contributed by atoms with E-state index in [4.69, 9.17) is 9.47 Å². The van der Waals surface area contributed by atoms with Crippen molar-refractivity contribution in [2.45, 2.75) is 45.8 Å². The first-order chi connectivity index (χ1) is 12.8. The van der Waals surface area contributed by atoms with Gasteiger partial charge in [0, 0.05) is 48.9 Å². The van der Waals surface area contributed by atoms with Crippen LogP contribution in [-0.2, 0) is 25.6 Å². The number of likely N-dealkylation sites (tertiary alicyclic amines) is 1. The van der Waals surface area contributed by atoms with Gasteiger partial charge in [-0.15, -0.1) is 11.3 Å². The third-order valence-corrected chi connectivity index (χ3v) is 5.77. The maximum Gasteiger partial charge on any atom is 0.336 e. The van der Waals surface area contributed by atoms with Crippen LogP contribution in [0.1, 0.15) is 38.6 Å². The van der Waals surface area contributed by atoms with Gasteiger partial charge in [0.15, 0.2) is 0 Å². The molecule has 1 aromatic heterocycles. The molecular formula is C19H25N3O4S. The lowest BCUT2D eigenvalue weighted by Gasteiger charge is -2.28. The van der Waals surface area contributed by atoms with E-state index < -0.39 is 11.6 Å². The van der Waals surface area contributed by atoms with Crippen molar-refractivity contribution < 1.29 is 19.1 Å². The molecule has 3 heterocycles. The van der Waals surface area contributed by atoms with Gasteiger partial charge in [0.1, 0.15) is 10.6 Å². The quantitative estimate of drug-likeness (QED) is 0.772. The first kappa shape index (κ1) is 19.6. The Kier molecular flexibility index (Phi) is 5.67. The fraction of sp³-hybridized carbons (Fsp3) is 0.526. The Balaban J connectivity index is 1.64. The van der Waals surface area contributed by atoms with E-state index in [2.05, 4.69) is 15.2 Å². The summed E-state index contributed by atoms with van der Waals surface area (Å²) in [5, 5.41) is 6.11. The highest BCUT2D eigenvalue weighted by atomic mass is 32.1. The average molecular weight is 391 g/mol. The number of carbonyl (C=O) groups excluding carboxylic acids is 2. The van der Waals surface area contributed by atoms with Crippen LogP contribution < -0.4 is 5.32 Å². The number of hydrogen-bond acceptors (Lipinski definition) is 8. The Morgan fingerprint density at radius 3 is 2.63 bits per heavy atom. The minimum Gasteiger partial charge on any atom is -0.466 e. The lowest BCUT2D eigenvalue weighted by Crippen LogP contribution is -2.37. The molecule has 3 rings (SSSR count). The molecule has 0 radical (unpaired) electrons. The van der Waals surface area contributed by atoms with E-state index >= 15 is 0 Å². The third kappa shape index (κ3) is 4.39. The number of aromatic nitrogens is 1. The molecule has 1 N–H and O–H groups in total. The van der Waals surface area contributed by atoms with Crippen molar-refractivity contribution in [2.24, 2.45) is 0 Å². The lowest BCUT2D eigenvalue weighted by molar-refractivity contribution is -0.152. The smallest absolute Gasteiger partial charge is 0.336 e. The van der Waals surface area contributed by atoms with Crippen molar-refractivity contribution in [3.63, 3.8) is 0 Å². The molecule has 0 amide bonds. The zero-order valence-corrected chi connectivity index (χ0v) is 16.9. The van der Waals surface area contributed by atoms with Crippen LogP contribution in [0.25, 0.3) is 0 Å². The van der Waals surface area contributed by atoms with Crippen molar-refractivity contribution in [1.29, 1.82) is 0 Å². The maximum atomic E-state index is 12.8. The van der Waals surface area contributed by atoms with Crippen LogP contribution in [0.3, 0.4) is 0 Å². The molecule has 1 fully saturated rings. The van der Waals surface area contributed by atoms with Crippen LogP contribution in [0.4, 0.5) is 0 Å². The Morgan fingerprint density at radius 1 is 1.30 bits per heavy atom. The van der Waals surface area contributed by atoms with Crippen molar-refractivity contribution in [1.82, 2.24) is 15.2 Å². The van der Waals surface area contributed by atoms with E-state index in [1.54, 1.807) is 24.5 Å². The van der Waals surface area contributed by atoms with Gasteiger partial charge in [-0.3, -0.25) is 4.90 Å². The number of ether oxygens (including phenoxy) is 2. The van der Waals surface area contributed by atoms with E-state index in [0.29, 0.717) is 29.1 Å². The highest BCUT2D eigenvalue weighted by Crippen LogP contribution is 2.30. The molecule has 27 heavy (non-hydrogen) atoms. The molecule has 146 valence electrons. The maximum absolute atomic E-state index is 12.8. The Bertz CT molecular complexity index is 800. The van der Waals surface area contributed by atoms with Crippen LogP contribution >= 0.6 is 11.3 Å². The van der Waals surface area contributed by atoms with E-state index in [0.717, 1.165) is 24.5 Å². The molecule has 1 atom stereocenters. The molecule has 0 unspecified atom stereocenters. The Labute approximate surface area is 163 Å². The van der Waals surface area contributed by atoms with Gasteiger partial charge < -0.3 is 14.8 Å². The molecule has 0 aromatic carbocycles. The number of carbonyl (C=O) groups is 2. The summed E-state index contributed by atoms with van der Waals surface area (Å²) < 4.78 is 10.7. The lowest BCUT2D eigenvalue weighted by atomic mass is 9.97. The second-order valence-electron chi connectivity index (χ2n) is 7.23. The predicted molar refractivity (Wildman–Crippen MR) is 102 cm³/mol. The second kappa shape index (κ2) is 7.82. The van der Waals surface area contributed by atoms with Gasteiger partial charge in [0.2, 0.25) is 0 Å². The summed E-state index contributed by atoms with van der Waals surface area (Å²) in [5.74, 6) is -0.813. The number of methoxy groups -OCH3 is 1. The fourth-order valence-corrected chi connectivity index (χ4v) is 4.16. The number of allylic oxidation sites excluding steroid dienone is 2. The van der Waals surface area contributed by atoms with Crippen LogP contribution in [-0.4, -0.2) is 47.6 Å². The summed E-state index contributed by atoms with van der Waals surface area (Å²) in [7, 11) is 1.34. The predicted octanol–water partition coefficient (Wildman–Crippen LogP) is 2.37. The Hall–Kier alpha value is -2.19. The fourth-order valence-electron chi connectivity index (χ4n) is 3.50. The van der Waals surface area contributed by atoms with Gasteiger partial charge in [-0.2, -0.15) is 0 Å². The number of rotatable bonds is 5. The topological polar surface area (TPSA) is 80.8 Å². The number of esters is 2. The minimum atomic E-state index is -0.552. The molecule has 0 bridgehead atoms. The summed E-state index contributed by atoms with van der Waals surface area (Å²) in [6.07, 6.45) is 2.78. The summed E-state index contributed by atoms with van der Waals surface area (Å²) in [6.45, 7) is 7.86. The summed E-state index contributed by atoms with van der Waals surface area (Å²) in [6, 6.07) is 0. The summed E-state index contributed by atoms with van der Waals surface area (Å²) >= 11 is 1.63. The van der Waals surface area contributed by atoms with Gasteiger partial charge in [0.05, 0.1) is 24.8 Å². The molecule has 0 spiro atoms. The van der Waals surface area contributed by atoms with E-state index in [1.807, 2.05) is 19.2 Å². The average Bonchev–Trinajstić information content (AvgIpc) is 3.24. The van der Waals surface area contributed by atoms with Crippen LogP contribution in [0.15, 0.2) is 34.1 Å². The van der Waals surface area contributed by atoms with E-state index in [-0.39, 0.29) is 12.4 Å². The number of nitrogens with zero attached hydrogens (tertiary/aromatic N) is 2. The molecule has 0 aliphatic carbocycles. The van der Waals surface area contributed by atoms with E-state index in [1.165, 1.54) is 7.11 Å². The zero-order chi connectivity index (χ0) is 19.6. The largest absolute Gasteiger partial charge is 0.466 e. The molecule has 7 nitrogen and oxygen atoms in total. The first-order valence-corrected chi connectivity index (χ1v) is 9.78.